The summed E-state index contributed by atoms with van der Waals surface area (Å²) in [6, 6.07) is 4.60. The first kappa shape index (κ1) is 12.4. The van der Waals surface area contributed by atoms with Gasteiger partial charge in [-0.3, -0.25) is 4.79 Å². The molecule has 1 aliphatic rings. The van der Waals surface area contributed by atoms with Gasteiger partial charge in [0.15, 0.2) is 0 Å². The van der Waals surface area contributed by atoms with Crippen molar-refractivity contribution in [1.82, 2.24) is 4.90 Å². The maximum atomic E-state index is 13.1. The zero-order chi connectivity index (χ0) is 12.4. The Labute approximate surface area is 105 Å². The van der Waals surface area contributed by atoms with Crippen LogP contribution in [0.15, 0.2) is 18.2 Å². The highest BCUT2D eigenvalue weighted by molar-refractivity contribution is 6.18. The number of halogens is 2. The molecule has 1 heterocycles. The van der Waals surface area contributed by atoms with Crippen molar-refractivity contribution in [3.8, 4) is 0 Å². The molecule has 1 fully saturated rings. The van der Waals surface area contributed by atoms with E-state index in [1.165, 1.54) is 12.1 Å². The molecule has 1 saturated heterocycles. The van der Waals surface area contributed by atoms with Crippen molar-refractivity contribution in [2.24, 2.45) is 0 Å². The van der Waals surface area contributed by atoms with Crippen LogP contribution in [-0.4, -0.2) is 29.3 Å². The largest absolute Gasteiger partial charge is 0.334 e. The van der Waals surface area contributed by atoms with Gasteiger partial charge in [-0.15, -0.1) is 11.6 Å². The number of benzene rings is 1. The number of alkyl halides is 1. The summed E-state index contributed by atoms with van der Waals surface area (Å²) in [5, 5.41) is 0. The van der Waals surface area contributed by atoms with Crippen molar-refractivity contribution >= 4 is 17.5 Å². The molecule has 0 spiro atoms. The Kier molecular flexibility index (Phi) is 3.67. The fourth-order valence-corrected chi connectivity index (χ4v) is 2.53. The van der Waals surface area contributed by atoms with Crippen LogP contribution in [0.5, 0.6) is 0 Å². The van der Waals surface area contributed by atoms with Crippen LogP contribution in [0.3, 0.4) is 0 Å². The molecule has 1 unspecified atom stereocenters. The molecule has 0 aromatic heterocycles. The average Bonchev–Trinajstić information content (AvgIpc) is 2.80. The van der Waals surface area contributed by atoms with Crippen molar-refractivity contribution in [3.05, 3.63) is 35.1 Å². The normalized spacial score (nSPS) is 19.7. The molecule has 4 heteroatoms. The third-order valence-corrected chi connectivity index (χ3v) is 3.58. The fraction of sp³-hybridized carbons (Fsp3) is 0.462. The predicted molar refractivity (Wildman–Crippen MR) is 65.9 cm³/mol. The molecule has 1 aromatic carbocycles. The smallest absolute Gasteiger partial charge is 0.254 e. The van der Waals surface area contributed by atoms with E-state index < -0.39 is 0 Å². The van der Waals surface area contributed by atoms with Crippen LogP contribution >= 0.6 is 11.6 Å². The molecule has 0 bridgehead atoms. The quantitative estimate of drug-likeness (QED) is 0.744. The molecule has 2 nitrogen and oxygen atoms in total. The molecule has 0 saturated carbocycles. The summed E-state index contributed by atoms with van der Waals surface area (Å²) < 4.78 is 13.1. The third kappa shape index (κ3) is 2.44. The van der Waals surface area contributed by atoms with Gasteiger partial charge in [0.2, 0.25) is 0 Å². The molecular weight excluding hydrogens is 241 g/mol. The molecule has 1 atom stereocenters. The van der Waals surface area contributed by atoms with Crippen molar-refractivity contribution < 1.29 is 9.18 Å². The Morgan fingerprint density at radius 1 is 1.59 bits per heavy atom. The summed E-state index contributed by atoms with van der Waals surface area (Å²) in [5.74, 6) is 0.138. The molecule has 1 aliphatic heterocycles. The standard InChI is InChI=1S/C13H15ClFNO/c1-9-7-10(4-5-12(9)15)13(17)16-6-2-3-11(16)8-14/h4-5,7,11H,2-3,6,8H2,1H3. The van der Waals surface area contributed by atoms with Gasteiger partial charge in [-0.05, 0) is 43.5 Å². The second-order valence-electron chi connectivity index (χ2n) is 4.41. The maximum Gasteiger partial charge on any atom is 0.254 e. The Morgan fingerprint density at radius 3 is 3.00 bits per heavy atom. The van der Waals surface area contributed by atoms with E-state index in [0.29, 0.717) is 17.0 Å². The topological polar surface area (TPSA) is 20.3 Å². The van der Waals surface area contributed by atoms with Crippen LogP contribution in [-0.2, 0) is 0 Å². The van der Waals surface area contributed by atoms with E-state index in [-0.39, 0.29) is 17.8 Å². The summed E-state index contributed by atoms with van der Waals surface area (Å²) in [7, 11) is 0. The second-order valence-corrected chi connectivity index (χ2v) is 4.72. The minimum Gasteiger partial charge on any atom is -0.334 e. The van der Waals surface area contributed by atoms with E-state index in [4.69, 9.17) is 11.6 Å². The Bertz CT molecular complexity index is 435. The average molecular weight is 256 g/mol. The lowest BCUT2D eigenvalue weighted by molar-refractivity contribution is 0.0749. The monoisotopic (exact) mass is 255 g/mol. The van der Waals surface area contributed by atoms with E-state index >= 15 is 0 Å². The highest BCUT2D eigenvalue weighted by Crippen LogP contribution is 2.21. The number of hydrogen-bond donors (Lipinski definition) is 0. The van der Waals surface area contributed by atoms with Crippen molar-refractivity contribution in [2.45, 2.75) is 25.8 Å². The van der Waals surface area contributed by atoms with E-state index in [1.54, 1.807) is 17.9 Å². The molecule has 92 valence electrons. The number of aryl methyl sites for hydroxylation is 1. The summed E-state index contributed by atoms with van der Waals surface area (Å²) in [5.41, 5.74) is 1.04. The van der Waals surface area contributed by atoms with Crippen LogP contribution in [0.1, 0.15) is 28.8 Å². The van der Waals surface area contributed by atoms with Crippen LogP contribution in [0.2, 0.25) is 0 Å². The Morgan fingerprint density at radius 2 is 2.35 bits per heavy atom. The number of carbonyl (C=O) groups is 1. The Balaban J connectivity index is 2.21. The zero-order valence-corrected chi connectivity index (χ0v) is 10.5. The number of likely N-dealkylation sites (tertiary alicyclic amines) is 1. The summed E-state index contributed by atoms with van der Waals surface area (Å²) >= 11 is 5.84. The lowest BCUT2D eigenvalue weighted by Crippen LogP contribution is -2.36. The zero-order valence-electron chi connectivity index (χ0n) is 9.75. The van der Waals surface area contributed by atoms with Gasteiger partial charge >= 0.3 is 0 Å². The minimum absolute atomic E-state index is 0.0451. The van der Waals surface area contributed by atoms with Crippen LogP contribution < -0.4 is 0 Å². The summed E-state index contributed by atoms with van der Waals surface area (Å²) in [4.78, 5) is 14.0. The van der Waals surface area contributed by atoms with Crippen LogP contribution in [0.25, 0.3) is 0 Å². The van der Waals surface area contributed by atoms with Crippen molar-refractivity contribution in [1.29, 1.82) is 0 Å². The molecule has 0 N–H and O–H groups in total. The highest BCUT2D eigenvalue weighted by atomic mass is 35.5. The van der Waals surface area contributed by atoms with Gasteiger partial charge in [0.05, 0.1) is 0 Å². The number of hydrogen-bond acceptors (Lipinski definition) is 1. The fourth-order valence-electron chi connectivity index (χ4n) is 2.21. The van der Waals surface area contributed by atoms with E-state index in [1.807, 2.05) is 0 Å². The van der Waals surface area contributed by atoms with Crippen LogP contribution in [0.4, 0.5) is 4.39 Å². The summed E-state index contributed by atoms with van der Waals surface area (Å²) in [6.45, 7) is 2.40. The van der Waals surface area contributed by atoms with Gasteiger partial charge < -0.3 is 4.90 Å². The van der Waals surface area contributed by atoms with E-state index in [2.05, 4.69) is 0 Å². The lowest BCUT2D eigenvalue weighted by atomic mass is 10.1. The molecule has 1 amide bonds. The summed E-state index contributed by atoms with van der Waals surface area (Å²) in [6.07, 6.45) is 1.94. The Hall–Kier alpha value is -1.09. The molecule has 0 radical (unpaired) electrons. The second kappa shape index (κ2) is 5.05. The van der Waals surface area contributed by atoms with Gasteiger partial charge in [0.25, 0.3) is 5.91 Å². The maximum absolute atomic E-state index is 13.1. The molecule has 2 rings (SSSR count). The number of carbonyl (C=O) groups excluding carboxylic acids is 1. The third-order valence-electron chi connectivity index (χ3n) is 3.22. The van der Waals surface area contributed by atoms with E-state index in [9.17, 15) is 9.18 Å². The van der Waals surface area contributed by atoms with Gasteiger partial charge in [-0.1, -0.05) is 0 Å². The van der Waals surface area contributed by atoms with Crippen LogP contribution in [0, 0.1) is 12.7 Å². The van der Waals surface area contributed by atoms with Gasteiger partial charge in [-0.25, -0.2) is 4.39 Å². The van der Waals surface area contributed by atoms with Crippen molar-refractivity contribution in [2.75, 3.05) is 12.4 Å². The lowest BCUT2D eigenvalue weighted by Gasteiger charge is -2.23. The predicted octanol–water partition coefficient (Wildman–Crippen LogP) is 2.98. The minimum atomic E-state index is -0.281. The number of amides is 1. The first-order valence-corrected chi connectivity index (χ1v) is 6.30. The molecule has 1 aromatic rings. The molecule has 17 heavy (non-hydrogen) atoms. The van der Waals surface area contributed by atoms with Gasteiger partial charge in [0, 0.05) is 24.0 Å². The molecular formula is C13H15ClFNO. The van der Waals surface area contributed by atoms with Crippen molar-refractivity contribution in [3.63, 3.8) is 0 Å². The van der Waals surface area contributed by atoms with Gasteiger partial charge in [0.1, 0.15) is 5.82 Å². The number of nitrogens with zero attached hydrogens (tertiary/aromatic N) is 1. The highest BCUT2D eigenvalue weighted by Gasteiger charge is 2.28. The number of rotatable bonds is 2. The first-order valence-electron chi connectivity index (χ1n) is 5.76. The van der Waals surface area contributed by atoms with E-state index in [0.717, 1.165) is 19.4 Å². The van der Waals surface area contributed by atoms with Gasteiger partial charge in [-0.2, -0.15) is 0 Å². The molecule has 0 aliphatic carbocycles. The SMILES string of the molecule is Cc1cc(C(=O)N2CCCC2CCl)ccc1F. The first-order chi connectivity index (χ1) is 8.13.